The van der Waals surface area contributed by atoms with Crippen molar-refractivity contribution in [2.75, 3.05) is 13.6 Å². The minimum absolute atomic E-state index is 0.0479. The Morgan fingerprint density at radius 1 is 1.19 bits per heavy atom. The van der Waals surface area contributed by atoms with E-state index in [4.69, 9.17) is 0 Å². The predicted octanol–water partition coefficient (Wildman–Crippen LogP) is 3.90. The summed E-state index contributed by atoms with van der Waals surface area (Å²) in [7, 11) is 1.87. The molecule has 0 radical (unpaired) electrons. The fraction of sp³-hybridized carbons (Fsp3) is 0.381. The van der Waals surface area contributed by atoms with Gasteiger partial charge in [0.1, 0.15) is 0 Å². The SMILES string of the molecule is Cc1cc(C(=O)N(C)CCCc2c(C)n[nH]c2C)c2cccc(C)c2n1. The Morgan fingerprint density at radius 2 is 1.96 bits per heavy atom. The molecule has 5 nitrogen and oxygen atoms in total. The van der Waals surface area contributed by atoms with Crippen molar-refractivity contribution in [2.24, 2.45) is 0 Å². The third-order valence-corrected chi connectivity index (χ3v) is 4.95. The molecule has 0 fully saturated rings. The maximum absolute atomic E-state index is 13.0. The average Bonchev–Trinajstić information content (AvgIpc) is 2.93. The number of fused-ring (bicyclic) bond motifs is 1. The van der Waals surface area contributed by atoms with Crippen LogP contribution < -0.4 is 0 Å². The molecule has 0 unspecified atom stereocenters. The fourth-order valence-electron chi connectivity index (χ4n) is 3.44. The summed E-state index contributed by atoms with van der Waals surface area (Å²) in [5, 5.41) is 8.18. The van der Waals surface area contributed by atoms with Crippen LogP contribution in [0, 0.1) is 27.7 Å². The summed E-state index contributed by atoms with van der Waals surface area (Å²) in [5.41, 5.74) is 7.02. The van der Waals surface area contributed by atoms with E-state index in [1.54, 1.807) is 4.90 Å². The smallest absolute Gasteiger partial charge is 0.254 e. The third kappa shape index (κ3) is 3.47. The van der Waals surface area contributed by atoms with E-state index in [9.17, 15) is 4.79 Å². The molecule has 0 saturated heterocycles. The fourth-order valence-corrected chi connectivity index (χ4v) is 3.44. The minimum atomic E-state index is 0.0479. The molecule has 2 heterocycles. The Hall–Kier alpha value is -2.69. The van der Waals surface area contributed by atoms with E-state index < -0.39 is 0 Å². The number of hydrogen-bond donors (Lipinski definition) is 1. The van der Waals surface area contributed by atoms with Crippen molar-refractivity contribution in [1.82, 2.24) is 20.1 Å². The van der Waals surface area contributed by atoms with Crippen molar-refractivity contribution in [3.8, 4) is 0 Å². The van der Waals surface area contributed by atoms with Gasteiger partial charge in [-0.15, -0.1) is 0 Å². The lowest BCUT2D eigenvalue weighted by atomic mass is 10.0. The molecule has 26 heavy (non-hydrogen) atoms. The average molecular weight is 350 g/mol. The molecule has 2 aromatic heterocycles. The molecule has 0 saturated carbocycles. The molecule has 0 aliphatic heterocycles. The Labute approximate surface area is 154 Å². The van der Waals surface area contributed by atoms with Crippen LogP contribution in [-0.2, 0) is 6.42 Å². The standard InChI is InChI=1S/C21H26N4O/c1-13-8-6-9-18-19(12-14(2)22-20(13)18)21(26)25(5)11-7-10-17-15(3)23-24-16(17)4/h6,8-9,12H,7,10-11H2,1-5H3,(H,23,24). The summed E-state index contributed by atoms with van der Waals surface area (Å²) >= 11 is 0. The second kappa shape index (κ2) is 7.28. The molecule has 5 heteroatoms. The first-order valence-electron chi connectivity index (χ1n) is 9.01. The van der Waals surface area contributed by atoms with E-state index in [0.29, 0.717) is 6.54 Å². The number of aromatic nitrogens is 3. The van der Waals surface area contributed by atoms with E-state index >= 15 is 0 Å². The van der Waals surface area contributed by atoms with Crippen molar-refractivity contribution in [3.63, 3.8) is 0 Å². The summed E-state index contributed by atoms with van der Waals surface area (Å²) in [6, 6.07) is 7.89. The van der Waals surface area contributed by atoms with Crippen molar-refractivity contribution in [2.45, 2.75) is 40.5 Å². The normalized spacial score (nSPS) is 11.1. The molecule has 1 N–H and O–H groups in total. The van der Waals surface area contributed by atoms with Gasteiger partial charge >= 0.3 is 0 Å². The van der Waals surface area contributed by atoms with Gasteiger partial charge in [-0.1, -0.05) is 18.2 Å². The van der Waals surface area contributed by atoms with Gasteiger partial charge in [-0.2, -0.15) is 5.10 Å². The van der Waals surface area contributed by atoms with Crippen LogP contribution in [0.3, 0.4) is 0 Å². The Morgan fingerprint density at radius 3 is 2.65 bits per heavy atom. The first-order valence-corrected chi connectivity index (χ1v) is 9.01. The molecular weight excluding hydrogens is 324 g/mol. The van der Waals surface area contributed by atoms with Gasteiger partial charge in [0.25, 0.3) is 5.91 Å². The highest BCUT2D eigenvalue weighted by atomic mass is 16.2. The van der Waals surface area contributed by atoms with Crippen molar-refractivity contribution in [1.29, 1.82) is 0 Å². The Balaban J connectivity index is 1.77. The van der Waals surface area contributed by atoms with Gasteiger partial charge in [-0.05, 0) is 57.7 Å². The van der Waals surface area contributed by atoms with Gasteiger partial charge in [0.15, 0.2) is 0 Å². The van der Waals surface area contributed by atoms with Crippen molar-refractivity contribution in [3.05, 3.63) is 58.0 Å². The number of carbonyl (C=O) groups is 1. The lowest BCUT2D eigenvalue weighted by molar-refractivity contribution is 0.0795. The maximum atomic E-state index is 13.0. The highest BCUT2D eigenvalue weighted by Gasteiger charge is 2.17. The summed E-state index contributed by atoms with van der Waals surface area (Å²) in [5.74, 6) is 0.0479. The molecular formula is C21H26N4O. The molecule has 136 valence electrons. The number of aryl methyl sites for hydroxylation is 4. The number of pyridine rings is 1. The van der Waals surface area contributed by atoms with Gasteiger partial charge in [-0.25, -0.2) is 0 Å². The number of amides is 1. The van der Waals surface area contributed by atoms with Crippen LogP contribution in [0.2, 0.25) is 0 Å². The predicted molar refractivity (Wildman–Crippen MR) is 105 cm³/mol. The number of hydrogen-bond acceptors (Lipinski definition) is 3. The van der Waals surface area contributed by atoms with Crippen LogP contribution >= 0.6 is 0 Å². The number of carbonyl (C=O) groups excluding carboxylic acids is 1. The maximum Gasteiger partial charge on any atom is 0.254 e. The molecule has 0 aliphatic rings. The summed E-state index contributed by atoms with van der Waals surface area (Å²) in [6.45, 7) is 8.73. The van der Waals surface area contributed by atoms with Gasteiger partial charge in [0.2, 0.25) is 0 Å². The van der Waals surface area contributed by atoms with Gasteiger partial charge in [0, 0.05) is 30.4 Å². The minimum Gasteiger partial charge on any atom is -0.342 e. The van der Waals surface area contributed by atoms with Crippen LogP contribution in [0.4, 0.5) is 0 Å². The van der Waals surface area contributed by atoms with Gasteiger partial charge in [-0.3, -0.25) is 14.9 Å². The number of H-pyrrole nitrogens is 1. The van der Waals surface area contributed by atoms with Crippen molar-refractivity contribution < 1.29 is 4.79 Å². The lowest BCUT2D eigenvalue weighted by Crippen LogP contribution is -2.28. The van der Waals surface area contributed by atoms with Crippen LogP contribution in [-0.4, -0.2) is 39.6 Å². The highest BCUT2D eigenvalue weighted by Crippen LogP contribution is 2.22. The second-order valence-electron chi connectivity index (χ2n) is 7.03. The zero-order valence-electron chi connectivity index (χ0n) is 16.2. The first kappa shape index (κ1) is 18.1. The molecule has 1 aromatic carbocycles. The quantitative estimate of drug-likeness (QED) is 0.759. The van der Waals surface area contributed by atoms with E-state index in [-0.39, 0.29) is 5.91 Å². The Bertz CT molecular complexity index is 939. The van der Waals surface area contributed by atoms with Crippen molar-refractivity contribution >= 4 is 16.8 Å². The van der Waals surface area contributed by atoms with Gasteiger partial charge < -0.3 is 4.90 Å². The van der Waals surface area contributed by atoms with Crippen LogP contribution in [0.5, 0.6) is 0 Å². The molecule has 0 aliphatic carbocycles. The Kier molecular flexibility index (Phi) is 5.07. The zero-order valence-corrected chi connectivity index (χ0v) is 16.2. The zero-order chi connectivity index (χ0) is 18.8. The monoisotopic (exact) mass is 350 g/mol. The number of rotatable bonds is 5. The summed E-state index contributed by atoms with van der Waals surface area (Å²) < 4.78 is 0. The van der Waals surface area contributed by atoms with E-state index in [0.717, 1.165) is 52.0 Å². The number of nitrogens with one attached hydrogen (secondary N) is 1. The highest BCUT2D eigenvalue weighted by molar-refractivity contribution is 6.06. The number of benzene rings is 1. The number of aromatic amines is 1. The van der Waals surface area contributed by atoms with Crippen LogP contribution in [0.15, 0.2) is 24.3 Å². The number of nitrogens with zero attached hydrogens (tertiary/aromatic N) is 3. The molecule has 3 aromatic rings. The topological polar surface area (TPSA) is 61.9 Å². The molecule has 1 amide bonds. The largest absolute Gasteiger partial charge is 0.342 e. The molecule has 0 bridgehead atoms. The van der Waals surface area contributed by atoms with E-state index in [1.165, 1.54) is 5.56 Å². The van der Waals surface area contributed by atoms with Gasteiger partial charge in [0.05, 0.1) is 16.8 Å². The summed E-state index contributed by atoms with van der Waals surface area (Å²) in [6.07, 6.45) is 1.82. The van der Waals surface area contributed by atoms with Crippen LogP contribution in [0.1, 0.15) is 45.0 Å². The van der Waals surface area contributed by atoms with E-state index in [1.807, 2.05) is 59.0 Å². The second-order valence-corrected chi connectivity index (χ2v) is 7.03. The molecule has 3 rings (SSSR count). The van der Waals surface area contributed by atoms with Crippen LogP contribution in [0.25, 0.3) is 10.9 Å². The summed E-state index contributed by atoms with van der Waals surface area (Å²) in [4.78, 5) is 19.4. The molecule has 0 atom stereocenters. The van der Waals surface area contributed by atoms with E-state index in [2.05, 4.69) is 15.2 Å². The number of para-hydroxylation sites is 1. The first-order chi connectivity index (χ1) is 12.4. The molecule has 0 spiro atoms. The lowest BCUT2D eigenvalue weighted by Gasteiger charge is -2.19. The third-order valence-electron chi connectivity index (χ3n) is 4.95.